The molecule has 19 heavy (non-hydrogen) atoms. The number of H-pyrrole nitrogens is 1. The Morgan fingerprint density at radius 1 is 1.21 bits per heavy atom. The number of rotatable bonds is 2. The van der Waals surface area contributed by atoms with Crippen LogP contribution in [0.15, 0.2) is 30.5 Å². The highest BCUT2D eigenvalue weighted by atomic mass is 35.5. The zero-order valence-electron chi connectivity index (χ0n) is 9.46. The number of hydrogen-bond acceptors (Lipinski definition) is 5. The van der Waals surface area contributed by atoms with Crippen molar-refractivity contribution in [3.8, 4) is 27.2 Å². The number of aromatic nitrogens is 4. The monoisotopic (exact) mass is 287 g/mol. The van der Waals surface area contributed by atoms with Gasteiger partial charge in [-0.1, -0.05) is 23.7 Å². The molecule has 92 valence electrons. The Balaban J connectivity index is 2.00. The van der Waals surface area contributed by atoms with Crippen LogP contribution < -0.4 is 0 Å². The van der Waals surface area contributed by atoms with E-state index >= 15 is 0 Å². The van der Waals surface area contributed by atoms with Crippen LogP contribution in [-0.4, -0.2) is 20.4 Å². The Morgan fingerprint density at radius 3 is 2.74 bits per heavy atom. The van der Waals surface area contributed by atoms with E-state index in [1.165, 1.54) is 11.3 Å². The summed E-state index contributed by atoms with van der Waals surface area (Å²) in [5.41, 5.74) is 1.77. The van der Waals surface area contributed by atoms with Gasteiger partial charge in [-0.15, -0.1) is 16.4 Å². The average molecular weight is 288 g/mol. The molecule has 0 saturated heterocycles. The van der Waals surface area contributed by atoms with E-state index < -0.39 is 0 Å². The van der Waals surface area contributed by atoms with E-state index in [0.29, 0.717) is 10.7 Å². The van der Waals surface area contributed by atoms with Crippen LogP contribution in [0, 0.1) is 11.3 Å². The summed E-state index contributed by atoms with van der Waals surface area (Å²) in [4.78, 5) is 5.13. The molecule has 0 aliphatic rings. The summed E-state index contributed by atoms with van der Waals surface area (Å²) in [6.45, 7) is 0. The number of hydrogen-bond donors (Lipinski definition) is 1. The Labute approximate surface area is 117 Å². The summed E-state index contributed by atoms with van der Waals surface area (Å²) in [6, 6.07) is 9.42. The van der Waals surface area contributed by atoms with E-state index in [1.54, 1.807) is 6.20 Å². The van der Waals surface area contributed by atoms with Gasteiger partial charge in [0.25, 0.3) is 0 Å². The van der Waals surface area contributed by atoms with Gasteiger partial charge >= 0.3 is 0 Å². The molecule has 0 saturated carbocycles. The van der Waals surface area contributed by atoms with Gasteiger partial charge in [0, 0.05) is 16.8 Å². The highest BCUT2D eigenvalue weighted by Crippen LogP contribution is 2.32. The van der Waals surface area contributed by atoms with Crippen LogP contribution >= 0.6 is 22.9 Å². The van der Waals surface area contributed by atoms with Gasteiger partial charge in [0.2, 0.25) is 0 Å². The first-order valence-corrected chi connectivity index (χ1v) is 6.50. The van der Waals surface area contributed by atoms with Gasteiger partial charge in [0.05, 0.1) is 4.88 Å². The van der Waals surface area contributed by atoms with E-state index in [2.05, 4.69) is 20.4 Å². The predicted octanol–water partition coefficient (Wildman–Crippen LogP) is 3.12. The van der Waals surface area contributed by atoms with Crippen molar-refractivity contribution in [1.82, 2.24) is 20.4 Å². The molecule has 0 fully saturated rings. The second kappa shape index (κ2) is 4.80. The molecule has 0 aliphatic carbocycles. The lowest BCUT2D eigenvalue weighted by Crippen LogP contribution is -1.77. The van der Waals surface area contributed by atoms with Gasteiger partial charge in [0.1, 0.15) is 16.8 Å². The second-order valence-electron chi connectivity index (χ2n) is 3.67. The summed E-state index contributed by atoms with van der Waals surface area (Å²) in [7, 11) is 0. The van der Waals surface area contributed by atoms with E-state index in [4.69, 9.17) is 16.9 Å². The van der Waals surface area contributed by atoms with Gasteiger partial charge in [-0.05, 0) is 12.1 Å². The molecule has 1 N–H and O–H groups in total. The van der Waals surface area contributed by atoms with E-state index in [-0.39, 0.29) is 5.69 Å². The van der Waals surface area contributed by atoms with Gasteiger partial charge < -0.3 is 0 Å². The van der Waals surface area contributed by atoms with Crippen molar-refractivity contribution >= 4 is 22.9 Å². The third-order valence-electron chi connectivity index (χ3n) is 2.48. The number of halogens is 1. The summed E-state index contributed by atoms with van der Waals surface area (Å²) >= 11 is 7.30. The van der Waals surface area contributed by atoms with Gasteiger partial charge in [-0.3, -0.25) is 0 Å². The number of benzene rings is 1. The molecule has 0 aliphatic heterocycles. The maximum Gasteiger partial charge on any atom is 0.191 e. The maximum absolute atomic E-state index is 8.92. The van der Waals surface area contributed by atoms with Crippen molar-refractivity contribution in [1.29, 1.82) is 5.26 Å². The zero-order valence-corrected chi connectivity index (χ0v) is 11.0. The van der Waals surface area contributed by atoms with Gasteiger partial charge in [-0.25, -0.2) is 4.98 Å². The predicted molar refractivity (Wildman–Crippen MR) is 72.7 cm³/mol. The lowest BCUT2D eigenvalue weighted by Gasteiger charge is -1.95. The van der Waals surface area contributed by atoms with E-state index in [9.17, 15) is 0 Å². The molecule has 2 aromatic heterocycles. The summed E-state index contributed by atoms with van der Waals surface area (Å²) in [5, 5.41) is 20.6. The third kappa shape index (κ3) is 2.21. The summed E-state index contributed by atoms with van der Waals surface area (Å²) in [6.07, 6.45) is 1.69. The van der Waals surface area contributed by atoms with Crippen molar-refractivity contribution in [2.75, 3.05) is 0 Å². The third-order valence-corrected chi connectivity index (χ3v) is 3.79. The average Bonchev–Trinajstić information content (AvgIpc) is 3.07. The van der Waals surface area contributed by atoms with E-state index in [0.717, 1.165) is 15.4 Å². The van der Waals surface area contributed by atoms with Crippen molar-refractivity contribution in [3.05, 3.63) is 41.2 Å². The molecule has 5 nitrogen and oxygen atoms in total. The second-order valence-corrected chi connectivity index (χ2v) is 5.14. The molecular weight excluding hydrogens is 282 g/mol. The molecule has 0 radical (unpaired) electrons. The lowest BCUT2D eigenvalue weighted by atomic mass is 10.2. The van der Waals surface area contributed by atoms with Crippen molar-refractivity contribution < 1.29 is 0 Å². The Hall–Kier alpha value is -2.23. The van der Waals surface area contributed by atoms with Crippen LogP contribution in [0.1, 0.15) is 5.69 Å². The van der Waals surface area contributed by atoms with E-state index in [1.807, 2.05) is 30.3 Å². The van der Waals surface area contributed by atoms with Crippen LogP contribution in [-0.2, 0) is 0 Å². The molecule has 0 amide bonds. The molecule has 3 aromatic rings. The largest absolute Gasteiger partial charge is 0.244 e. The Morgan fingerprint density at radius 2 is 2.00 bits per heavy atom. The molecule has 2 heterocycles. The van der Waals surface area contributed by atoms with Crippen molar-refractivity contribution in [2.45, 2.75) is 0 Å². The Kier molecular flexibility index (Phi) is 2.99. The highest BCUT2D eigenvalue weighted by Gasteiger charge is 2.13. The normalized spacial score (nSPS) is 10.3. The fourth-order valence-electron chi connectivity index (χ4n) is 1.59. The first-order chi connectivity index (χ1) is 9.28. The fourth-order valence-corrected chi connectivity index (χ4v) is 2.63. The van der Waals surface area contributed by atoms with Crippen LogP contribution in [0.25, 0.3) is 21.1 Å². The first-order valence-electron chi connectivity index (χ1n) is 5.31. The first kappa shape index (κ1) is 11.8. The topological polar surface area (TPSA) is 78.2 Å². The standard InChI is InChI=1S/C12H6ClN5S/c13-8-3-1-7(2-4-8)12-15-6-10(19-12)11-9(5-14)16-18-17-11/h1-4,6H,(H,16,17,18). The summed E-state index contributed by atoms with van der Waals surface area (Å²) < 4.78 is 0. The number of aromatic amines is 1. The minimum atomic E-state index is 0.270. The molecular formula is C12H6ClN5S. The minimum Gasteiger partial charge on any atom is -0.244 e. The van der Waals surface area contributed by atoms with Crippen molar-refractivity contribution in [2.24, 2.45) is 0 Å². The van der Waals surface area contributed by atoms with Crippen LogP contribution in [0.3, 0.4) is 0 Å². The molecule has 1 aromatic carbocycles. The quantitative estimate of drug-likeness (QED) is 0.785. The fraction of sp³-hybridized carbons (Fsp3) is 0. The lowest BCUT2D eigenvalue weighted by molar-refractivity contribution is 0.937. The van der Waals surface area contributed by atoms with Crippen LogP contribution in [0.4, 0.5) is 0 Å². The maximum atomic E-state index is 8.92. The smallest absolute Gasteiger partial charge is 0.191 e. The number of nitriles is 1. The highest BCUT2D eigenvalue weighted by molar-refractivity contribution is 7.18. The minimum absolute atomic E-state index is 0.270. The molecule has 0 spiro atoms. The molecule has 0 bridgehead atoms. The molecule has 0 unspecified atom stereocenters. The van der Waals surface area contributed by atoms with Crippen LogP contribution in [0.5, 0.6) is 0 Å². The Bertz CT molecular complexity index is 753. The number of nitrogens with zero attached hydrogens (tertiary/aromatic N) is 4. The van der Waals surface area contributed by atoms with Crippen molar-refractivity contribution in [3.63, 3.8) is 0 Å². The number of thiazole rings is 1. The SMILES string of the molecule is N#Cc1n[nH]nc1-c1cnc(-c2ccc(Cl)cc2)s1. The number of nitrogens with one attached hydrogen (secondary N) is 1. The van der Waals surface area contributed by atoms with Crippen LogP contribution in [0.2, 0.25) is 5.02 Å². The zero-order chi connectivity index (χ0) is 13.2. The molecule has 0 atom stereocenters. The molecule has 3 rings (SSSR count). The summed E-state index contributed by atoms with van der Waals surface area (Å²) in [5.74, 6) is 0. The molecule has 7 heteroatoms. The van der Waals surface area contributed by atoms with Gasteiger partial charge in [-0.2, -0.15) is 15.6 Å². The van der Waals surface area contributed by atoms with Gasteiger partial charge in [0.15, 0.2) is 5.69 Å².